The van der Waals surface area contributed by atoms with Crippen molar-refractivity contribution >= 4 is 35.1 Å². The molecule has 1 aliphatic heterocycles. The van der Waals surface area contributed by atoms with Crippen LogP contribution in [0.25, 0.3) is 0 Å². The predicted octanol–water partition coefficient (Wildman–Crippen LogP) is 3.25. The number of amides is 1. The summed E-state index contributed by atoms with van der Waals surface area (Å²) < 4.78 is 21.7. The molecule has 11 heteroatoms. The Bertz CT molecular complexity index is 930. The van der Waals surface area contributed by atoms with E-state index in [2.05, 4.69) is 27.2 Å². The second-order valence-electron chi connectivity index (χ2n) is 6.85. The van der Waals surface area contributed by atoms with Crippen LogP contribution in [0.2, 0.25) is 10.0 Å². The topological polar surface area (TPSA) is 104 Å². The van der Waals surface area contributed by atoms with Crippen LogP contribution >= 0.6 is 23.2 Å². The van der Waals surface area contributed by atoms with Gasteiger partial charge in [0.1, 0.15) is 18.1 Å². The van der Waals surface area contributed by atoms with Crippen LogP contribution in [0.15, 0.2) is 31.1 Å². The van der Waals surface area contributed by atoms with Gasteiger partial charge in [0.25, 0.3) is 0 Å². The molecule has 2 aromatic rings. The molecule has 172 valence electrons. The van der Waals surface area contributed by atoms with E-state index in [-0.39, 0.29) is 24.6 Å². The monoisotopic (exact) mass is 482 g/mol. The molecule has 2 heterocycles. The van der Waals surface area contributed by atoms with Gasteiger partial charge in [-0.05, 0) is 12.5 Å². The summed E-state index contributed by atoms with van der Waals surface area (Å²) in [7, 11) is 3.01. The molecule has 1 fully saturated rings. The van der Waals surface area contributed by atoms with E-state index in [0.717, 1.165) is 0 Å². The molecule has 2 atom stereocenters. The first-order chi connectivity index (χ1) is 15.5. The number of halogens is 2. The first kappa shape index (κ1) is 23.9. The molecule has 1 aromatic carbocycles. The van der Waals surface area contributed by atoms with Crippen molar-refractivity contribution < 1.29 is 23.7 Å². The number of anilines is 1. The van der Waals surface area contributed by atoms with Gasteiger partial charge < -0.3 is 29.6 Å². The van der Waals surface area contributed by atoms with Gasteiger partial charge in [0.2, 0.25) is 11.9 Å². The van der Waals surface area contributed by atoms with Gasteiger partial charge in [0.15, 0.2) is 5.75 Å². The average Bonchev–Trinajstić information content (AvgIpc) is 2.81. The number of aromatic nitrogens is 2. The highest BCUT2D eigenvalue weighted by molar-refractivity contribution is 6.37. The van der Waals surface area contributed by atoms with Crippen LogP contribution in [0.3, 0.4) is 0 Å². The van der Waals surface area contributed by atoms with Crippen LogP contribution in [0.4, 0.5) is 5.95 Å². The molecule has 0 radical (unpaired) electrons. The SMILES string of the molecule is C=CC(=O)NC1COCCC1Nc1ncc(OCc2c(Cl)c(OC)cc(OC)c2Cl)cn1. The minimum Gasteiger partial charge on any atom is -0.495 e. The number of ether oxygens (including phenoxy) is 4. The third kappa shape index (κ3) is 5.73. The zero-order valence-corrected chi connectivity index (χ0v) is 19.2. The summed E-state index contributed by atoms with van der Waals surface area (Å²) in [5.41, 5.74) is 0.523. The summed E-state index contributed by atoms with van der Waals surface area (Å²) in [5.74, 6) is 1.42. The Labute approximate surface area is 196 Å². The molecule has 32 heavy (non-hydrogen) atoms. The maximum Gasteiger partial charge on any atom is 0.243 e. The van der Waals surface area contributed by atoms with E-state index >= 15 is 0 Å². The highest BCUT2D eigenvalue weighted by Gasteiger charge is 2.27. The Morgan fingerprint density at radius 1 is 1.22 bits per heavy atom. The smallest absolute Gasteiger partial charge is 0.243 e. The van der Waals surface area contributed by atoms with Crippen molar-refractivity contribution in [1.29, 1.82) is 0 Å². The van der Waals surface area contributed by atoms with Gasteiger partial charge in [0.05, 0.1) is 55.3 Å². The molecule has 1 aromatic heterocycles. The molecular formula is C21H24Cl2N4O5. The van der Waals surface area contributed by atoms with Crippen LogP contribution in [0, 0.1) is 0 Å². The van der Waals surface area contributed by atoms with Crippen molar-refractivity contribution in [3.05, 3.63) is 46.7 Å². The third-order valence-corrected chi connectivity index (χ3v) is 5.69. The largest absolute Gasteiger partial charge is 0.495 e. The summed E-state index contributed by atoms with van der Waals surface area (Å²) in [4.78, 5) is 20.2. The van der Waals surface area contributed by atoms with Crippen LogP contribution < -0.4 is 24.8 Å². The Balaban J connectivity index is 1.65. The van der Waals surface area contributed by atoms with E-state index in [4.69, 9.17) is 42.1 Å². The second kappa shape index (κ2) is 11.2. The summed E-state index contributed by atoms with van der Waals surface area (Å²) in [5, 5.41) is 6.75. The first-order valence-electron chi connectivity index (χ1n) is 9.77. The minimum atomic E-state index is -0.261. The number of carbonyl (C=O) groups is 1. The fourth-order valence-electron chi connectivity index (χ4n) is 3.14. The second-order valence-corrected chi connectivity index (χ2v) is 7.61. The normalized spacial score (nSPS) is 17.9. The van der Waals surface area contributed by atoms with E-state index in [1.807, 2.05) is 0 Å². The van der Waals surface area contributed by atoms with Crippen LogP contribution in [0.5, 0.6) is 17.2 Å². The maximum atomic E-state index is 11.6. The van der Waals surface area contributed by atoms with Crippen LogP contribution in [-0.4, -0.2) is 55.4 Å². The number of rotatable bonds is 9. The van der Waals surface area contributed by atoms with E-state index in [1.54, 1.807) is 6.07 Å². The predicted molar refractivity (Wildman–Crippen MR) is 121 cm³/mol. The van der Waals surface area contributed by atoms with Crippen molar-refractivity contribution in [2.75, 3.05) is 32.8 Å². The summed E-state index contributed by atoms with van der Waals surface area (Å²) >= 11 is 12.7. The molecule has 2 unspecified atom stereocenters. The van der Waals surface area contributed by atoms with Crippen molar-refractivity contribution in [3.63, 3.8) is 0 Å². The van der Waals surface area contributed by atoms with Gasteiger partial charge in [-0.25, -0.2) is 9.97 Å². The molecular weight excluding hydrogens is 459 g/mol. The minimum absolute atomic E-state index is 0.0665. The van der Waals surface area contributed by atoms with Crippen LogP contribution in [-0.2, 0) is 16.1 Å². The van der Waals surface area contributed by atoms with E-state index in [0.29, 0.717) is 58.4 Å². The molecule has 0 spiro atoms. The number of hydrogen-bond donors (Lipinski definition) is 2. The molecule has 1 aliphatic rings. The van der Waals surface area contributed by atoms with Gasteiger partial charge in [-0.3, -0.25) is 4.79 Å². The maximum absolute atomic E-state index is 11.6. The quantitative estimate of drug-likeness (QED) is 0.524. The summed E-state index contributed by atoms with van der Waals surface area (Å²) in [6.07, 6.45) is 4.99. The zero-order valence-electron chi connectivity index (χ0n) is 17.7. The lowest BCUT2D eigenvalue weighted by atomic mass is 10.0. The third-order valence-electron chi connectivity index (χ3n) is 4.86. The number of nitrogens with zero attached hydrogens (tertiary/aromatic N) is 2. The van der Waals surface area contributed by atoms with Crippen molar-refractivity contribution in [3.8, 4) is 17.2 Å². The molecule has 0 saturated carbocycles. The fourth-order valence-corrected chi connectivity index (χ4v) is 3.75. The molecule has 9 nitrogen and oxygen atoms in total. The average molecular weight is 483 g/mol. The van der Waals surface area contributed by atoms with E-state index in [1.165, 1.54) is 32.7 Å². The van der Waals surface area contributed by atoms with Gasteiger partial charge in [-0.1, -0.05) is 29.8 Å². The zero-order chi connectivity index (χ0) is 23.1. The van der Waals surface area contributed by atoms with Gasteiger partial charge in [-0.15, -0.1) is 0 Å². The van der Waals surface area contributed by atoms with E-state index in [9.17, 15) is 4.79 Å². The Morgan fingerprint density at radius 3 is 2.47 bits per heavy atom. The highest BCUT2D eigenvalue weighted by atomic mass is 35.5. The lowest BCUT2D eigenvalue weighted by Gasteiger charge is -2.32. The number of hydrogen-bond acceptors (Lipinski definition) is 8. The van der Waals surface area contributed by atoms with Gasteiger partial charge >= 0.3 is 0 Å². The molecule has 1 saturated heterocycles. The molecule has 0 aliphatic carbocycles. The number of carbonyl (C=O) groups excluding carboxylic acids is 1. The van der Waals surface area contributed by atoms with Crippen molar-refractivity contribution in [1.82, 2.24) is 15.3 Å². The number of nitrogens with one attached hydrogen (secondary N) is 2. The lowest BCUT2D eigenvalue weighted by Crippen LogP contribution is -2.52. The standard InChI is InChI=1S/C21H24Cl2N4O5/c1-4-18(28)26-15-11-31-6-5-14(15)27-21-24-8-12(9-25-21)32-10-13-19(22)16(29-2)7-17(30-3)20(13)23/h4,7-9,14-15H,1,5-6,10-11H2,2-3H3,(H,26,28)(H,24,25,27). The molecule has 0 bridgehead atoms. The summed E-state index contributed by atoms with van der Waals surface area (Å²) in [6, 6.07) is 1.31. The van der Waals surface area contributed by atoms with E-state index < -0.39 is 0 Å². The van der Waals surface area contributed by atoms with Gasteiger partial charge in [0, 0.05) is 18.2 Å². The van der Waals surface area contributed by atoms with Crippen LogP contribution in [0.1, 0.15) is 12.0 Å². The fraction of sp³-hybridized carbons (Fsp3) is 0.381. The van der Waals surface area contributed by atoms with Crippen molar-refractivity contribution in [2.45, 2.75) is 25.1 Å². The Morgan fingerprint density at radius 2 is 1.88 bits per heavy atom. The molecule has 1 amide bonds. The van der Waals surface area contributed by atoms with Crippen molar-refractivity contribution in [2.24, 2.45) is 0 Å². The Hall–Kier alpha value is -2.75. The summed E-state index contributed by atoms with van der Waals surface area (Å²) in [6.45, 7) is 4.51. The number of methoxy groups -OCH3 is 2. The lowest BCUT2D eigenvalue weighted by molar-refractivity contribution is -0.118. The molecule has 2 N–H and O–H groups in total. The number of benzene rings is 1. The molecule has 3 rings (SSSR count). The van der Waals surface area contributed by atoms with Gasteiger partial charge in [-0.2, -0.15) is 0 Å². The first-order valence-corrected chi connectivity index (χ1v) is 10.5. The Kier molecular flexibility index (Phi) is 8.38. The highest BCUT2D eigenvalue weighted by Crippen LogP contribution is 2.40.